The van der Waals surface area contributed by atoms with E-state index in [-0.39, 0.29) is 20.6 Å². The number of nitrogen functional groups attached to an aromatic ring is 1. The lowest BCUT2D eigenvalue weighted by atomic mass is 10.3. The molecule has 0 aliphatic heterocycles. The van der Waals surface area contributed by atoms with Gasteiger partial charge in [-0.05, 0) is 24.3 Å². The zero-order chi connectivity index (χ0) is 14.0. The number of halogens is 2. The Morgan fingerprint density at radius 1 is 1.16 bits per heavy atom. The number of hydrogen-bond acceptors (Lipinski definition) is 4. The molecular weight excluding hydrogens is 309 g/mol. The number of anilines is 2. The van der Waals surface area contributed by atoms with Crippen molar-refractivity contribution < 1.29 is 8.42 Å². The summed E-state index contributed by atoms with van der Waals surface area (Å²) >= 11 is 11.7. The Morgan fingerprint density at radius 3 is 2.53 bits per heavy atom. The maximum Gasteiger partial charge on any atom is 0.263 e. The van der Waals surface area contributed by atoms with Crippen molar-refractivity contribution >= 4 is 44.6 Å². The van der Waals surface area contributed by atoms with Gasteiger partial charge < -0.3 is 5.73 Å². The first-order valence-electron chi connectivity index (χ1n) is 5.07. The van der Waals surface area contributed by atoms with Crippen molar-refractivity contribution in [2.45, 2.75) is 4.90 Å². The number of sulfonamides is 1. The second-order valence-electron chi connectivity index (χ2n) is 3.65. The van der Waals surface area contributed by atoms with Crippen LogP contribution in [0.1, 0.15) is 0 Å². The first kappa shape index (κ1) is 13.9. The van der Waals surface area contributed by atoms with Crippen LogP contribution in [0.3, 0.4) is 0 Å². The molecule has 0 radical (unpaired) electrons. The molecule has 1 aromatic heterocycles. The van der Waals surface area contributed by atoms with Gasteiger partial charge >= 0.3 is 0 Å². The molecule has 0 amide bonds. The van der Waals surface area contributed by atoms with Crippen molar-refractivity contribution in [3.05, 3.63) is 46.7 Å². The summed E-state index contributed by atoms with van der Waals surface area (Å²) in [6.45, 7) is 0. The Hall–Kier alpha value is -1.50. The predicted molar refractivity (Wildman–Crippen MR) is 75.9 cm³/mol. The van der Waals surface area contributed by atoms with Crippen LogP contribution in [0, 0.1) is 0 Å². The van der Waals surface area contributed by atoms with E-state index >= 15 is 0 Å². The minimum Gasteiger partial charge on any atom is -0.399 e. The van der Waals surface area contributed by atoms with E-state index < -0.39 is 10.0 Å². The number of nitrogens with zero attached hydrogens (tertiary/aromatic N) is 1. The average Bonchev–Trinajstić information content (AvgIpc) is 2.31. The third kappa shape index (κ3) is 3.09. The molecule has 2 rings (SSSR count). The van der Waals surface area contributed by atoms with E-state index in [0.717, 1.165) is 0 Å². The molecule has 0 atom stereocenters. The number of nitrogens with one attached hydrogen (secondary N) is 1. The molecule has 100 valence electrons. The van der Waals surface area contributed by atoms with Gasteiger partial charge in [0.15, 0.2) is 0 Å². The minimum absolute atomic E-state index is 0.0347. The Labute approximate surface area is 120 Å². The van der Waals surface area contributed by atoms with Gasteiger partial charge in [-0.25, -0.2) is 8.42 Å². The van der Waals surface area contributed by atoms with Gasteiger partial charge in [-0.1, -0.05) is 23.2 Å². The van der Waals surface area contributed by atoms with E-state index in [9.17, 15) is 8.42 Å². The fourth-order valence-electron chi connectivity index (χ4n) is 1.39. The van der Waals surface area contributed by atoms with Gasteiger partial charge in [-0.3, -0.25) is 9.71 Å². The third-order valence-electron chi connectivity index (χ3n) is 2.26. The van der Waals surface area contributed by atoms with Gasteiger partial charge in [0.25, 0.3) is 10.0 Å². The normalized spacial score (nSPS) is 11.3. The topological polar surface area (TPSA) is 85.1 Å². The van der Waals surface area contributed by atoms with Crippen LogP contribution < -0.4 is 10.5 Å². The summed E-state index contributed by atoms with van der Waals surface area (Å²) in [6, 6.07) is 5.61. The molecule has 0 fully saturated rings. The Balaban J connectivity index is 2.41. The summed E-state index contributed by atoms with van der Waals surface area (Å²) < 4.78 is 26.6. The van der Waals surface area contributed by atoms with E-state index in [1.807, 2.05) is 0 Å². The van der Waals surface area contributed by atoms with Crippen molar-refractivity contribution in [2.24, 2.45) is 0 Å². The quantitative estimate of drug-likeness (QED) is 0.852. The number of rotatable bonds is 3. The number of benzene rings is 1. The van der Waals surface area contributed by atoms with E-state index in [1.54, 1.807) is 0 Å². The maximum atomic E-state index is 12.2. The Morgan fingerprint density at radius 2 is 1.89 bits per heavy atom. The molecule has 0 spiro atoms. The highest BCUT2D eigenvalue weighted by molar-refractivity contribution is 7.92. The molecule has 8 heteroatoms. The van der Waals surface area contributed by atoms with Crippen LogP contribution in [0.4, 0.5) is 11.4 Å². The highest BCUT2D eigenvalue weighted by atomic mass is 35.5. The van der Waals surface area contributed by atoms with Crippen LogP contribution in [0.25, 0.3) is 0 Å². The van der Waals surface area contributed by atoms with Crippen molar-refractivity contribution in [3.8, 4) is 0 Å². The van der Waals surface area contributed by atoms with Gasteiger partial charge in [0.05, 0.1) is 21.9 Å². The molecule has 0 aliphatic carbocycles. The largest absolute Gasteiger partial charge is 0.399 e. The van der Waals surface area contributed by atoms with Crippen LogP contribution in [0.5, 0.6) is 0 Å². The average molecular weight is 318 g/mol. The zero-order valence-electron chi connectivity index (χ0n) is 9.47. The molecule has 0 unspecified atom stereocenters. The summed E-state index contributed by atoms with van der Waals surface area (Å²) in [6.07, 6.45) is 2.77. The first-order chi connectivity index (χ1) is 8.90. The number of aromatic nitrogens is 1. The maximum absolute atomic E-state index is 12.2. The van der Waals surface area contributed by atoms with Crippen LogP contribution in [0.2, 0.25) is 10.0 Å². The van der Waals surface area contributed by atoms with E-state index in [4.69, 9.17) is 28.9 Å². The number of nitrogens with two attached hydrogens (primary N) is 1. The summed E-state index contributed by atoms with van der Waals surface area (Å²) in [5, 5.41) is 0.276. The van der Waals surface area contributed by atoms with Crippen LogP contribution in [-0.4, -0.2) is 13.4 Å². The monoisotopic (exact) mass is 317 g/mol. The second kappa shape index (κ2) is 5.24. The van der Waals surface area contributed by atoms with Crippen molar-refractivity contribution in [3.63, 3.8) is 0 Å². The molecule has 0 aliphatic rings. The smallest absolute Gasteiger partial charge is 0.263 e. The molecule has 19 heavy (non-hydrogen) atoms. The fraction of sp³-hybridized carbons (Fsp3) is 0. The lowest BCUT2D eigenvalue weighted by molar-refractivity contribution is 0.601. The molecule has 2 aromatic rings. The van der Waals surface area contributed by atoms with Crippen molar-refractivity contribution in [1.82, 2.24) is 4.98 Å². The second-order valence-corrected chi connectivity index (χ2v) is 6.12. The molecular formula is C11H9Cl2N3O2S. The highest BCUT2D eigenvalue weighted by Crippen LogP contribution is 2.27. The molecule has 1 heterocycles. The molecule has 5 nitrogen and oxygen atoms in total. The third-order valence-corrected chi connectivity index (χ3v) is 4.44. The number of hydrogen-bond donors (Lipinski definition) is 2. The van der Waals surface area contributed by atoms with Crippen LogP contribution >= 0.6 is 23.2 Å². The fourth-order valence-corrected chi connectivity index (χ4v) is 3.21. The van der Waals surface area contributed by atoms with Crippen LogP contribution in [0.15, 0.2) is 41.6 Å². The van der Waals surface area contributed by atoms with Crippen LogP contribution in [-0.2, 0) is 10.0 Å². The summed E-state index contributed by atoms with van der Waals surface area (Å²) in [4.78, 5) is 3.72. The molecule has 3 N–H and O–H groups in total. The first-order valence-corrected chi connectivity index (χ1v) is 7.31. The van der Waals surface area contributed by atoms with Gasteiger partial charge in [0, 0.05) is 11.9 Å². The lowest BCUT2D eigenvalue weighted by Gasteiger charge is -2.10. The lowest BCUT2D eigenvalue weighted by Crippen LogP contribution is -2.14. The Bertz CT molecular complexity index is 720. The van der Waals surface area contributed by atoms with E-state index in [2.05, 4.69) is 9.71 Å². The predicted octanol–water partition coefficient (Wildman–Crippen LogP) is 2.77. The molecule has 1 aromatic carbocycles. The van der Waals surface area contributed by atoms with Gasteiger partial charge in [0.2, 0.25) is 0 Å². The summed E-state index contributed by atoms with van der Waals surface area (Å²) in [7, 11) is -3.85. The highest BCUT2D eigenvalue weighted by Gasteiger charge is 2.19. The van der Waals surface area contributed by atoms with Crippen molar-refractivity contribution in [1.29, 1.82) is 0 Å². The molecule has 0 saturated carbocycles. The van der Waals surface area contributed by atoms with Gasteiger partial charge in [0.1, 0.15) is 4.90 Å². The molecule has 0 bridgehead atoms. The summed E-state index contributed by atoms with van der Waals surface area (Å²) in [5.41, 5.74) is 6.07. The SMILES string of the molecule is Nc1ccc(S(=O)(=O)Nc2cnccc2Cl)c(Cl)c1. The zero-order valence-corrected chi connectivity index (χ0v) is 11.8. The molecule has 0 saturated heterocycles. The van der Waals surface area contributed by atoms with Gasteiger partial charge in [-0.2, -0.15) is 0 Å². The number of pyridine rings is 1. The van der Waals surface area contributed by atoms with E-state index in [1.165, 1.54) is 36.7 Å². The Kier molecular flexibility index (Phi) is 3.84. The van der Waals surface area contributed by atoms with Crippen molar-refractivity contribution in [2.75, 3.05) is 10.5 Å². The van der Waals surface area contributed by atoms with Gasteiger partial charge in [-0.15, -0.1) is 0 Å². The standard InChI is InChI=1S/C11H9Cl2N3O2S/c12-8-3-4-15-6-10(8)16-19(17,18)11-2-1-7(14)5-9(11)13/h1-6,16H,14H2. The minimum atomic E-state index is -3.85. The summed E-state index contributed by atoms with van der Waals surface area (Å²) in [5.74, 6) is 0. The van der Waals surface area contributed by atoms with E-state index in [0.29, 0.717) is 5.69 Å².